The SMILES string of the molecule is COC1(c2noc(-c3cc(S(N)(=O)=O)ccc3N3CCOCC3)n2)CCC1. The Bertz CT molecular complexity index is 927. The van der Waals surface area contributed by atoms with Gasteiger partial charge in [-0.3, -0.25) is 0 Å². The molecule has 0 amide bonds. The van der Waals surface area contributed by atoms with Crippen LogP contribution < -0.4 is 10.0 Å². The van der Waals surface area contributed by atoms with Gasteiger partial charge in [0.05, 0.1) is 23.7 Å². The minimum atomic E-state index is -3.86. The van der Waals surface area contributed by atoms with Crippen molar-refractivity contribution in [3.63, 3.8) is 0 Å². The van der Waals surface area contributed by atoms with Crippen LogP contribution in [0.3, 0.4) is 0 Å². The molecule has 2 aromatic rings. The fourth-order valence-corrected chi connectivity index (χ4v) is 4.02. The minimum Gasteiger partial charge on any atom is -0.378 e. The first-order valence-electron chi connectivity index (χ1n) is 8.82. The van der Waals surface area contributed by atoms with Crippen LogP contribution in [0.15, 0.2) is 27.6 Å². The number of morpholine rings is 1. The molecule has 2 N–H and O–H groups in total. The van der Waals surface area contributed by atoms with E-state index < -0.39 is 15.6 Å². The molecule has 2 aliphatic rings. The summed E-state index contributed by atoms with van der Waals surface area (Å²) in [6.45, 7) is 2.56. The Hall–Kier alpha value is -2.01. The second-order valence-electron chi connectivity index (χ2n) is 6.80. The van der Waals surface area contributed by atoms with Gasteiger partial charge in [0.25, 0.3) is 5.89 Å². The maximum Gasteiger partial charge on any atom is 0.260 e. The van der Waals surface area contributed by atoms with Crippen LogP contribution >= 0.6 is 0 Å². The second-order valence-corrected chi connectivity index (χ2v) is 8.36. The molecule has 0 radical (unpaired) electrons. The summed E-state index contributed by atoms with van der Waals surface area (Å²) in [5.74, 6) is 0.737. The first-order valence-corrected chi connectivity index (χ1v) is 10.4. The summed E-state index contributed by atoms with van der Waals surface area (Å²) in [6.07, 6.45) is 2.70. The van der Waals surface area contributed by atoms with Crippen molar-refractivity contribution >= 4 is 15.7 Å². The fourth-order valence-electron chi connectivity index (χ4n) is 3.48. The van der Waals surface area contributed by atoms with E-state index in [4.69, 9.17) is 19.1 Å². The van der Waals surface area contributed by atoms with Crippen molar-refractivity contribution in [2.45, 2.75) is 29.8 Å². The van der Waals surface area contributed by atoms with E-state index in [0.29, 0.717) is 37.7 Å². The molecule has 4 rings (SSSR count). The summed E-state index contributed by atoms with van der Waals surface area (Å²) in [5, 5.41) is 9.41. The molecule has 0 unspecified atom stereocenters. The van der Waals surface area contributed by atoms with Gasteiger partial charge in [0, 0.05) is 25.9 Å². The Morgan fingerprint density at radius 2 is 2.00 bits per heavy atom. The zero-order valence-corrected chi connectivity index (χ0v) is 15.9. The molecule has 0 bridgehead atoms. The van der Waals surface area contributed by atoms with Crippen molar-refractivity contribution in [1.82, 2.24) is 10.1 Å². The Morgan fingerprint density at radius 3 is 2.59 bits per heavy atom. The number of ether oxygens (including phenoxy) is 2. The van der Waals surface area contributed by atoms with Crippen molar-refractivity contribution in [2.75, 3.05) is 38.3 Å². The molecular formula is C17H22N4O5S. The lowest BCUT2D eigenvalue weighted by Crippen LogP contribution is -2.37. The monoisotopic (exact) mass is 394 g/mol. The molecule has 10 heteroatoms. The van der Waals surface area contributed by atoms with Crippen LogP contribution in [-0.2, 0) is 25.1 Å². The zero-order chi connectivity index (χ0) is 19.1. The Kier molecular flexibility index (Phi) is 4.66. The topological polar surface area (TPSA) is 121 Å². The molecule has 146 valence electrons. The highest BCUT2D eigenvalue weighted by molar-refractivity contribution is 7.89. The predicted molar refractivity (Wildman–Crippen MR) is 96.7 cm³/mol. The summed E-state index contributed by atoms with van der Waals surface area (Å²) in [4.78, 5) is 6.63. The molecule has 1 aromatic heterocycles. The maximum absolute atomic E-state index is 11.8. The van der Waals surface area contributed by atoms with Crippen LogP contribution in [0.5, 0.6) is 0 Å². The van der Waals surface area contributed by atoms with Crippen molar-refractivity contribution in [3.05, 3.63) is 24.0 Å². The van der Waals surface area contributed by atoms with Gasteiger partial charge >= 0.3 is 0 Å². The molecule has 2 fully saturated rings. The third-order valence-corrected chi connectivity index (χ3v) is 6.18. The number of methoxy groups -OCH3 is 1. The number of rotatable bonds is 5. The molecule has 1 aliphatic carbocycles. The highest BCUT2D eigenvalue weighted by atomic mass is 32.2. The van der Waals surface area contributed by atoms with Crippen LogP contribution in [0.1, 0.15) is 25.1 Å². The third-order valence-electron chi connectivity index (χ3n) is 5.26. The second kappa shape index (κ2) is 6.86. The lowest BCUT2D eigenvalue weighted by molar-refractivity contribution is -0.0858. The zero-order valence-electron chi connectivity index (χ0n) is 15.1. The molecule has 9 nitrogen and oxygen atoms in total. The molecule has 1 aliphatic heterocycles. The highest BCUT2D eigenvalue weighted by Crippen LogP contribution is 2.43. The standard InChI is InChI=1S/C17H22N4O5S/c1-24-17(5-2-6-17)16-19-15(26-20-16)13-11-12(27(18,22)23)3-4-14(13)21-7-9-25-10-8-21/h3-4,11H,2,5-10H2,1H3,(H2,18,22,23). The number of hydrogen-bond acceptors (Lipinski definition) is 8. The van der Waals surface area contributed by atoms with E-state index in [-0.39, 0.29) is 10.8 Å². The smallest absolute Gasteiger partial charge is 0.260 e. The number of anilines is 1. The number of nitrogens with two attached hydrogens (primary N) is 1. The van der Waals surface area contributed by atoms with Gasteiger partial charge in [0.2, 0.25) is 15.8 Å². The Balaban J connectivity index is 1.78. The Morgan fingerprint density at radius 1 is 1.26 bits per heavy atom. The minimum absolute atomic E-state index is 0.000594. The maximum atomic E-state index is 11.8. The quantitative estimate of drug-likeness (QED) is 0.804. The number of primary sulfonamides is 1. The van der Waals surface area contributed by atoms with Crippen LogP contribution in [-0.4, -0.2) is 52.0 Å². The first-order chi connectivity index (χ1) is 12.9. The van der Waals surface area contributed by atoms with Crippen LogP contribution in [0, 0.1) is 0 Å². The molecular weight excluding hydrogens is 372 g/mol. The van der Waals surface area contributed by atoms with Gasteiger partial charge < -0.3 is 18.9 Å². The van der Waals surface area contributed by atoms with Crippen molar-refractivity contribution < 1.29 is 22.4 Å². The van der Waals surface area contributed by atoms with Crippen molar-refractivity contribution in [1.29, 1.82) is 0 Å². The number of benzene rings is 1. The predicted octanol–water partition coefficient (Wildman–Crippen LogP) is 1.25. The van der Waals surface area contributed by atoms with Crippen LogP contribution in [0.25, 0.3) is 11.5 Å². The molecule has 1 saturated carbocycles. The lowest BCUT2D eigenvalue weighted by atomic mass is 9.79. The fraction of sp³-hybridized carbons (Fsp3) is 0.529. The van der Waals surface area contributed by atoms with E-state index in [1.807, 2.05) is 0 Å². The average Bonchev–Trinajstić information content (AvgIpc) is 3.11. The van der Waals surface area contributed by atoms with Gasteiger partial charge in [-0.1, -0.05) is 5.16 Å². The van der Waals surface area contributed by atoms with Crippen LogP contribution in [0.2, 0.25) is 0 Å². The van der Waals surface area contributed by atoms with Crippen LogP contribution in [0.4, 0.5) is 5.69 Å². The van der Waals surface area contributed by atoms with E-state index in [2.05, 4.69) is 15.0 Å². The van der Waals surface area contributed by atoms with E-state index >= 15 is 0 Å². The lowest BCUT2D eigenvalue weighted by Gasteiger charge is -2.37. The third kappa shape index (κ3) is 3.33. The number of sulfonamides is 1. The number of aromatic nitrogens is 2. The van der Waals surface area contributed by atoms with Gasteiger partial charge in [-0.05, 0) is 37.5 Å². The van der Waals surface area contributed by atoms with Crippen molar-refractivity contribution in [3.8, 4) is 11.5 Å². The summed E-state index contributed by atoms with van der Waals surface area (Å²) in [6, 6.07) is 4.70. The van der Waals surface area contributed by atoms with E-state index in [1.54, 1.807) is 13.2 Å². The van der Waals surface area contributed by atoms with Gasteiger partial charge in [-0.2, -0.15) is 4.98 Å². The van der Waals surface area contributed by atoms with Crippen molar-refractivity contribution in [2.24, 2.45) is 5.14 Å². The number of nitrogens with zero attached hydrogens (tertiary/aromatic N) is 3. The molecule has 2 heterocycles. The molecule has 0 spiro atoms. The first kappa shape index (κ1) is 18.4. The molecule has 27 heavy (non-hydrogen) atoms. The molecule has 1 saturated heterocycles. The van der Waals surface area contributed by atoms with Gasteiger partial charge in [-0.25, -0.2) is 13.6 Å². The number of hydrogen-bond donors (Lipinski definition) is 1. The summed E-state index contributed by atoms with van der Waals surface area (Å²) in [7, 11) is -2.22. The van der Waals surface area contributed by atoms with E-state index in [0.717, 1.165) is 24.9 Å². The van der Waals surface area contributed by atoms with E-state index in [9.17, 15) is 8.42 Å². The molecule has 0 atom stereocenters. The van der Waals surface area contributed by atoms with Gasteiger partial charge in [0.15, 0.2) is 0 Å². The summed E-state index contributed by atoms with van der Waals surface area (Å²) >= 11 is 0. The highest BCUT2D eigenvalue weighted by Gasteiger charge is 2.43. The van der Waals surface area contributed by atoms with Gasteiger partial charge in [-0.15, -0.1) is 0 Å². The summed E-state index contributed by atoms with van der Waals surface area (Å²) in [5.41, 5.74) is 0.826. The normalized spacial score (nSPS) is 19.7. The average molecular weight is 394 g/mol. The van der Waals surface area contributed by atoms with E-state index in [1.165, 1.54) is 12.1 Å². The van der Waals surface area contributed by atoms with Gasteiger partial charge in [0.1, 0.15) is 5.60 Å². The largest absolute Gasteiger partial charge is 0.378 e. The summed E-state index contributed by atoms with van der Waals surface area (Å²) < 4.78 is 40.2. The Labute approximate surface area is 157 Å². The molecule has 1 aromatic carbocycles.